The standard InChI is InChI=1S/C21H28FN3O3S/c1-16-4-9-20(28-3)21(14-16)29(26,27)23-15-19(17-5-7-18(22)8-6-17)25-12-10-24(2)11-13-25/h4-9,14,19,23H,10-13,15H2,1-3H3. The molecule has 0 aromatic heterocycles. The van der Waals surface area contributed by atoms with Crippen molar-refractivity contribution in [2.75, 3.05) is 46.9 Å². The van der Waals surface area contributed by atoms with Gasteiger partial charge >= 0.3 is 0 Å². The number of likely N-dealkylation sites (N-methyl/N-ethyl adjacent to an activating group) is 1. The normalized spacial score (nSPS) is 17.2. The zero-order valence-corrected chi connectivity index (χ0v) is 17.9. The highest BCUT2D eigenvalue weighted by molar-refractivity contribution is 7.89. The molecule has 158 valence electrons. The Morgan fingerprint density at radius 2 is 1.76 bits per heavy atom. The van der Waals surface area contributed by atoms with Gasteiger partial charge < -0.3 is 9.64 Å². The van der Waals surface area contributed by atoms with Gasteiger partial charge in [0.2, 0.25) is 10.0 Å². The summed E-state index contributed by atoms with van der Waals surface area (Å²) in [6.45, 7) is 5.45. The highest BCUT2D eigenvalue weighted by Gasteiger charge is 2.27. The van der Waals surface area contributed by atoms with E-state index >= 15 is 0 Å². The maximum Gasteiger partial charge on any atom is 0.244 e. The van der Waals surface area contributed by atoms with E-state index in [1.54, 1.807) is 24.3 Å². The van der Waals surface area contributed by atoms with E-state index in [1.165, 1.54) is 19.2 Å². The highest BCUT2D eigenvalue weighted by Crippen LogP contribution is 2.26. The Labute approximate surface area is 172 Å². The SMILES string of the molecule is COc1ccc(C)cc1S(=O)(=O)NCC(c1ccc(F)cc1)N1CCN(C)CC1. The second-order valence-electron chi connectivity index (χ2n) is 7.41. The van der Waals surface area contributed by atoms with Crippen molar-refractivity contribution in [1.82, 2.24) is 14.5 Å². The lowest BCUT2D eigenvalue weighted by atomic mass is 10.0. The number of halogens is 1. The van der Waals surface area contributed by atoms with E-state index in [4.69, 9.17) is 4.74 Å². The first-order valence-electron chi connectivity index (χ1n) is 9.62. The summed E-state index contributed by atoms with van der Waals surface area (Å²) in [5, 5.41) is 0. The number of hydrogen-bond donors (Lipinski definition) is 1. The smallest absolute Gasteiger partial charge is 0.244 e. The van der Waals surface area contributed by atoms with E-state index in [0.717, 1.165) is 37.3 Å². The zero-order chi connectivity index (χ0) is 21.0. The summed E-state index contributed by atoms with van der Waals surface area (Å²) in [6, 6.07) is 11.1. The van der Waals surface area contributed by atoms with Crippen LogP contribution in [0.15, 0.2) is 47.4 Å². The molecular weight excluding hydrogens is 393 g/mol. The van der Waals surface area contributed by atoms with Crippen molar-refractivity contribution in [3.8, 4) is 5.75 Å². The van der Waals surface area contributed by atoms with Crippen LogP contribution in [0.4, 0.5) is 4.39 Å². The van der Waals surface area contributed by atoms with E-state index in [0.29, 0.717) is 5.75 Å². The molecule has 1 heterocycles. The van der Waals surface area contributed by atoms with E-state index in [-0.39, 0.29) is 23.3 Å². The van der Waals surface area contributed by atoms with Crippen LogP contribution in [0.5, 0.6) is 5.75 Å². The van der Waals surface area contributed by atoms with Crippen molar-refractivity contribution in [2.45, 2.75) is 17.9 Å². The molecule has 1 aliphatic rings. The molecule has 0 spiro atoms. The maximum atomic E-state index is 13.4. The van der Waals surface area contributed by atoms with Gasteiger partial charge in [-0.25, -0.2) is 17.5 Å². The van der Waals surface area contributed by atoms with E-state index in [9.17, 15) is 12.8 Å². The number of benzene rings is 2. The first-order chi connectivity index (χ1) is 13.8. The van der Waals surface area contributed by atoms with Crippen LogP contribution >= 0.6 is 0 Å². The lowest BCUT2D eigenvalue weighted by molar-refractivity contribution is 0.113. The Balaban J connectivity index is 1.84. The summed E-state index contributed by atoms with van der Waals surface area (Å²) in [6.07, 6.45) is 0. The Kier molecular flexibility index (Phi) is 6.89. The largest absolute Gasteiger partial charge is 0.495 e. The fourth-order valence-electron chi connectivity index (χ4n) is 3.54. The molecule has 0 saturated carbocycles. The van der Waals surface area contributed by atoms with Gasteiger partial charge in [0.25, 0.3) is 0 Å². The van der Waals surface area contributed by atoms with Crippen LogP contribution < -0.4 is 9.46 Å². The third kappa shape index (κ3) is 5.33. The Morgan fingerprint density at radius 3 is 2.38 bits per heavy atom. The van der Waals surface area contributed by atoms with Crippen molar-refractivity contribution in [1.29, 1.82) is 0 Å². The molecule has 1 unspecified atom stereocenters. The van der Waals surface area contributed by atoms with Crippen LogP contribution in [0.1, 0.15) is 17.2 Å². The van der Waals surface area contributed by atoms with Crippen LogP contribution in [0, 0.1) is 12.7 Å². The number of hydrogen-bond acceptors (Lipinski definition) is 5. The average molecular weight is 422 g/mol. The molecular formula is C21H28FN3O3S. The Bertz CT molecular complexity index is 927. The quantitative estimate of drug-likeness (QED) is 0.744. The van der Waals surface area contributed by atoms with Crippen LogP contribution in [0.25, 0.3) is 0 Å². The minimum Gasteiger partial charge on any atom is -0.495 e. The fraction of sp³-hybridized carbons (Fsp3) is 0.429. The first kappa shape index (κ1) is 21.7. The summed E-state index contributed by atoms with van der Waals surface area (Å²) in [7, 11) is -0.252. The van der Waals surface area contributed by atoms with Crippen molar-refractivity contribution < 1.29 is 17.5 Å². The zero-order valence-electron chi connectivity index (χ0n) is 17.1. The number of aryl methyl sites for hydroxylation is 1. The topological polar surface area (TPSA) is 61.9 Å². The van der Waals surface area contributed by atoms with Gasteiger partial charge in [-0.15, -0.1) is 0 Å². The molecule has 0 bridgehead atoms. The summed E-state index contributed by atoms with van der Waals surface area (Å²) in [4.78, 5) is 4.60. The van der Waals surface area contributed by atoms with Crippen LogP contribution in [0.2, 0.25) is 0 Å². The van der Waals surface area contributed by atoms with E-state index in [1.807, 2.05) is 13.0 Å². The van der Waals surface area contributed by atoms with Gasteiger partial charge in [0.1, 0.15) is 16.5 Å². The predicted molar refractivity (Wildman–Crippen MR) is 111 cm³/mol. The minimum absolute atomic E-state index is 0.122. The molecule has 0 aliphatic carbocycles. The summed E-state index contributed by atoms with van der Waals surface area (Å²) >= 11 is 0. The lowest BCUT2D eigenvalue weighted by Crippen LogP contribution is -2.48. The molecule has 1 fully saturated rings. The summed E-state index contributed by atoms with van der Waals surface area (Å²) in [5.74, 6) is -0.00279. The van der Waals surface area contributed by atoms with Gasteiger partial charge in [-0.1, -0.05) is 18.2 Å². The predicted octanol–water partition coefficient (Wildman–Crippen LogP) is 2.41. The molecule has 2 aromatic carbocycles. The first-order valence-corrected chi connectivity index (χ1v) is 11.1. The number of nitrogens with zero attached hydrogens (tertiary/aromatic N) is 2. The molecule has 0 amide bonds. The molecule has 0 radical (unpaired) electrons. The third-order valence-corrected chi connectivity index (χ3v) is 6.75. The number of rotatable bonds is 7. The van der Waals surface area contributed by atoms with Crippen molar-refractivity contribution in [3.05, 3.63) is 59.4 Å². The maximum absolute atomic E-state index is 13.4. The number of piperazine rings is 1. The van der Waals surface area contributed by atoms with Gasteiger partial charge in [0.05, 0.1) is 7.11 Å². The second kappa shape index (κ2) is 9.21. The Morgan fingerprint density at radius 1 is 1.10 bits per heavy atom. The minimum atomic E-state index is -3.77. The van der Waals surface area contributed by atoms with Gasteiger partial charge in [0, 0.05) is 38.8 Å². The van der Waals surface area contributed by atoms with Crippen molar-refractivity contribution in [2.24, 2.45) is 0 Å². The van der Waals surface area contributed by atoms with Gasteiger partial charge in [-0.2, -0.15) is 0 Å². The number of ether oxygens (including phenoxy) is 1. The van der Waals surface area contributed by atoms with Crippen molar-refractivity contribution >= 4 is 10.0 Å². The summed E-state index contributed by atoms with van der Waals surface area (Å²) < 4.78 is 47.4. The highest BCUT2D eigenvalue weighted by atomic mass is 32.2. The molecule has 3 rings (SSSR count). The molecule has 8 heteroatoms. The number of sulfonamides is 1. The second-order valence-corrected chi connectivity index (χ2v) is 9.15. The lowest BCUT2D eigenvalue weighted by Gasteiger charge is -2.38. The third-order valence-electron chi connectivity index (χ3n) is 5.31. The number of nitrogens with one attached hydrogen (secondary N) is 1. The van der Waals surface area contributed by atoms with Gasteiger partial charge in [0.15, 0.2) is 0 Å². The molecule has 1 saturated heterocycles. The summed E-state index contributed by atoms with van der Waals surface area (Å²) in [5.41, 5.74) is 1.72. The van der Waals surface area contributed by atoms with Gasteiger partial charge in [-0.3, -0.25) is 4.90 Å². The molecule has 29 heavy (non-hydrogen) atoms. The molecule has 1 aliphatic heterocycles. The average Bonchev–Trinajstić information content (AvgIpc) is 2.70. The Hall–Kier alpha value is -2.00. The van der Waals surface area contributed by atoms with Crippen LogP contribution in [0.3, 0.4) is 0 Å². The van der Waals surface area contributed by atoms with Crippen LogP contribution in [-0.4, -0.2) is 65.1 Å². The molecule has 1 atom stereocenters. The molecule has 6 nitrogen and oxygen atoms in total. The van der Waals surface area contributed by atoms with E-state index < -0.39 is 10.0 Å². The monoisotopic (exact) mass is 421 g/mol. The molecule has 2 aromatic rings. The fourth-order valence-corrected chi connectivity index (χ4v) is 4.83. The van der Waals surface area contributed by atoms with Crippen LogP contribution in [-0.2, 0) is 10.0 Å². The van der Waals surface area contributed by atoms with Crippen molar-refractivity contribution in [3.63, 3.8) is 0 Å². The van der Waals surface area contributed by atoms with E-state index in [2.05, 4.69) is 21.6 Å². The number of methoxy groups -OCH3 is 1. The van der Waals surface area contributed by atoms with Gasteiger partial charge in [-0.05, 0) is 49.4 Å². The molecule has 1 N–H and O–H groups in total.